The zero-order valence-corrected chi connectivity index (χ0v) is 11.1. The van der Waals surface area contributed by atoms with E-state index in [-0.39, 0.29) is 25.3 Å². The molecule has 18 heavy (non-hydrogen) atoms. The number of Topliss-reactive ketones (excluding diaryl/α,β-unsaturated/α-hetero) is 1. The van der Waals surface area contributed by atoms with Crippen molar-refractivity contribution < 1.29 is 24.2 Å². The number of rotatable bonds is 1. The number of carbonyl (C=O) groups excluding carboxylic acids is 2. The van der Waals surface area contributed by atoms with Gasteiger partial charge < -0.3 is 9.84 Å². The fourth-order valence-electron chi connectivity index (χ4n) is 1.84. The van der Waals surface area contributed by atoms with Gasteiger partial charge in [0.2, 0.25) is 0 Å². The lowest BCUT2D eigenvalue weighted by molar-refractivity contribution is -0.154. The van der Waals surface area contributed by atoms with Crippen LogP contribution in [0.3, 0.4) is 0 Å². The molecule has 1 heterocycles. The van der Waals surface area contributed by atoms with Crippen LogP contribution in [-0.4, -0.2) is 46.5 Å². The lowest BCUT2D eigenvalue weighted by Gasteiger charge is -2.37. The highest BCUT2D eigenvalue weighted by molar-refractivity contribution is 5.91. The van der Waals surface area contributed by atoms with Gasteiger partial charge in [-0.15, -0.1) is 0 Å². The molecule has 1 rings (SSSR count). The molecular weight excluding hydrogens is 238 g/mol. The topological polar surface area (TPSA) is 83.9 Å². The molecular formula is C12H19NO5. The van der Waals surface area contributed by atoms with Gasteiger partial charge in [-0.2, -0.15) is 0 Å². The number of nitrogens with zero attached hydrogens (tertiary/aromatic N) is 1. The van der Waals surface area contributed by atoms with E-state index in [1.165, 1.54) is 6.92 Å². The number of ether oxygens (including phenoxy) is 1. The third kappa shape index (κ3) is 3.45. The van der Waals surface area contributed by atoms with Crippen molar-refractivity contribution in [3.05, 3.63) is 0 Å². The lowest BCUT2D eigenvalue weighted by atomic mass is 9.81. The summed E-state index contributed by atoms with van der Waals surface area (Å²) < 4.78 is 5.14. The fourth-order valence-corrected chi connectivity index (χ4v) is 1.84. The van der Waals surface area contributed by atoms with Crippen LogP contribution in [0.1, 0.15) is 34.1 Å². The molecule has 0 spiro atoms. The standard InChI is InChI=1S/C12H19NO5/c1-11(2,3)18-10(17)13-6-8(14)5-12(4,7-13)9(15)16/h5-7H2,1-4H3,(H,15,16)/t12-/m0/s1. The number of carboxylic acids is 1. The van der Waals surface area contributed by atoms with Gasteiger partial charge in [0.15, 0.2) is 5.78 Å². The second-order valence-electron chi connectivity index (χ2n) is 5.92. The molecule has 0 bridgehead atoms. The van der Waals surface area contributed by atoms with Crippen molar-refractivity contribution in [2.75, 3.05) is 13.1 Å². The molecule has 0 saturated carbocycles. The molecule has 1 fully saturated rings. The highest BCUT2D eigenvalue weighted by atomic mass is 16.6. The molecule has 6 heteroatoms. The molecule has 0 aromatic rings. The van der Waals surface area contributed by atoms with Crippen LogP contribution in [0.2, 0.25) is 0 Å². The summed E-state index contributed by atoms with van der Waals surface area (Å²) >= 11 is 0. The molecule has 0 aromatic heterocycles. The molecule has 1 saturated heterocycles. The average Bonchev–Trinajstić information content (AvgIpc) is 2.13. The maximum absolute atomic E-state index is 11.8. The van der Waals surface area contributed by atoms with Crippen LogP contribution in [0.15, 0.2) is 0 Å². The SMILES string of the molecule is CC(C)(C)OC(=O)N1CC(=O)C[C@](C)(C(=O)O)C1. The first kappa shape index (κ1) is 14.5. The van der Waals surface area contributed by atoms with Crippen LogP contribution in [0.4, 0.5) is 4.79 Å². The van der Waals surface area contributed by atoms with E-state index in [2.05, 4.69) is 0 Å². The number of likely N-dealkylation sites (tertiary alicyclic amines) is 1. The van der Waals surface area contributed by atoms with E-state index < -0.39 is 23.1 Å². The Hall–Kier alpha value is -1.59. The maximum atomic E-state index is 11.8. The van der Waals surface area contributed by atoms with Crippen molar-refractivity contribution >= 4 is 17.8 Å². The van der Waals surface area contributed by atoms with Gasteiger partial charge in [-0.05, 0) is 27.7 Å². The largest absolute Gasteiger partial charge is 0.481 e. The van der Waals surface area contributed by atoms with Gasteiger partial charge in [0.05, 0.1) is 12.0 Å². The summed E-state index contributed by atoms with van der Waals surface area (Å²) in [5.41, 5.74) is -1.90. The van der Waals surface area contributed by atoms with Crippen molar-refractivity contribution in [1.29, 1.82) is 0 Å². The molecule has 0 aliphatic carbocycles. The fraction of sp³-hybridized carbons (Fsp3) is 0.750. The molecule has 102 valence electrons. The van der Waals surface area contributed by atoms with Gasteiger partial charge in [0.1, 0.15) is 5.60 Å². The van der Waals surface area contributed by atoms with Gasteiger partial charge >= 0.3 is 12.1 Å². The summed E-state index contributed by atoms with van der Waals surface area (Å²) in [7, 11) is 0. The van der Waals surface area contributed by atoms with Crippen LogP contribution in [0.5, 0.6) is 0 Å². The molecule has 1 aliphatic rings. The molecule has 1 N–H and O–H groups in total. The summed E-state index contributed by atoms with van der Waals surface area (Å²) in [6, 6.07) is 0. The summed E-state index contributed by atoms with van der Waals surface area (Å²) in [6.07, 6.45) is -0.704. The zero-order valence-electron chi connectivity index (χ0n) is 11.1. The third-order valence-electron chi connectivity index (χ3n) is 2.66. The molecule has 1 amide bonds. The summed E-state index contributed by atoms with van der Waals surface area (Å²) in [4.78, 5) is 35.7. The molecule has 6 nitrogen and oxygen atoms in total. The van der Waals surface area contributed by atoms with E-state index in [0.717, 1.165) is 4.90 Å². The highest BCUT2D eigenvalue weighted by Crippen LogP contribution is 2.28. The first-order chi connectivity index (χ1) is 8.03. The van der Waals surface area contributed by atoms with E-state index in [0.29, 0.717) is 0 Å². The Kier molecular flexibility index (Phi) is 3.69. The number of carboxylic acid groups (broad SMARTS) is 1. The number of hydrogen-bond acceptors (Lipinski definition) is 4. The van der Waals surface area contributed by atoms with Gasteiger partial charge in [-0.1, -0.05) is 0 Å². The second-order valence-corrected chi connectivity index (χ2v) is 5.92. The predicted molar refractivity (Wildman–Crippen MR) is 63.2 cm³/mol. The van der Waals surface area contributed by atoms with Crippen molar-refractivity contribution in [3.63, 3.8) is 0 Å². The van der Waals surface area contributed by atoms with E-state index >= 15 is 0 Å². The van der Waals surface area contributed by atoms with E-state index in [4.69, 9.17) is 9.84 Å². The van der Waals surface area contributed by atoms with Crippen LogP contribution >= 0.6 is 0 Å². The molecule has 1 aliphatic heterocycles. The number of ketones is 1. The number of amides is 1. The Bertz CT molecular complexity index is 384. The first-order valence-electron chi connectivity index (χ1n) is 5.76. The lowest BCUT2D eigenvalue weighted by Crippen LogP contribution is -2.53. The Morgan fingerprint density at radius 3 is 2.39 bits per heavy atom. The Morgan fingerprint density at radius 1 is 1.39 bits per heavy atom. The molecule has 0 unspecified atom stereocenters. The van der Waals surface area contributed by atoms with Crippen molar-refractivity contribution in [2.24, 2.45) is 5.41 Å². The number of carbonyl (C=O) groups is 3. The minimum Gasteiger partial charge on any atom is -0.481 e. The predicted octanol–water partition coefficient (Wildman–Crippen LogP) is 1.29. The molecule has 0 aromatic carbocycles. The van der Waals surface area contributed by atoms with Gasteiger partial charge in [-0.3, -0.25) is 14.5 Å². The molecule has 1 atom stereocenters. The number of hydrogen-bond donors (Lipinski definition) is 1. The van der Waals surface area contributed by atoms with Gasteiger partial charge in [0, 0.05) is 13.0 Å². The Balaban J connectivity index is 2.81. The van der Waals surface area contributed by atoms with E-state index in [1.807, 2.05) is 0 Å². The average molecular weight is 257 g/mol. The molecule has 0 radical (unpaired) electrons. The zero-order chi connectivity index (χ0) is 14.1. The van der Waals surface area contributed by atoms with Crippen molar-refractivity contribution in [3.8, 4) is 0 Å². The van der Waals surface area contributed by atoms with Crippen molar-refractivity contribution in [1.82, 2.24) is 4.90 Å². The minimum absolute atomic E-state index is 0.0109. The minimum atomic E-state index is -1.23. The maximum Gasteiger partial charge on any atom is 0.410 e. The van der Waals surface area contributed by atoms with E-state index in [1.54, 1.807) is 20.8 Å². The number of aliphatic carboxylic acids is 1. The van der Waals surface area contributed by atoms with Crippen molar-refractivity contribution in [2.45, 2.75) is 39.7 Å². The smallest absolute Gasteiger partial charge is 0.410 e. The first-order valence-corrected chi connectivity index (χ1v) is 5.76. The van der Waals surface area contributed by atoms with Gasteiger partial charge in [-0.25, -0.2) is 4.79 Å². The van der Waals surface area contributed by atoms with Crippen LogP contribution in [0, 0.1) is 5.41 Å². The Morgan fingerprint density at radius 2 is 1.94 bits per heavy atom. The normalized spacial score (nSPS) is 24.9. The van der Waals surface area contributed by atoms with Crippen LogP contribution < -0.4 is 0 Å². The van der Waals surface area contributed by atoms with Crippen LogP contribution in [-0.2, 0) is 14.3 Å². The summed E-state index contributed by atoms with van der Waals surface area (Å²) in [6.45, 7) is 6.51. The quantitative estimate of drug-likeness (QED) is 0.765. The monoisotopic (exact) mass is 257 g/mol. The highest BCUT2D eigenvalue weighted by Gasteiger charge is 2.43. The van der Waals surface area contributed by atoms with E-state index in [9.17, 15) is 14.4 Å². The number of piperidine rings is 1. The van der Waals surface area contributed by atoms with Gasteiger partial charge in [0.25, 0.3) is 0 Å². The summed E-state index contributed by atoms with van der Waals surface area (Å²) in [5.74, 6) is -1.35. The summed E-state index contributed by atoms with van der Waals surface area (Å²) in [5, 5.41) is 9.12. The Labute approximate surface area is 106 Å². The second kappa shape index (κ2) is 4.59. The third-order valence-corrected chi connectivity index (χ3v) is 2.66. The van der Waals surface area contributed by atoms with Crippen LogP contribution in [0.25, 0.3) is 0 Å².